The van der Waals surface area contributed by atoms with Crippen molar-refractivity contribution in [1.82, 2.24) is 0 Å². The molecular weight excluding hydrogens is 256 g/mol. The number of hydrogen-bond donors (Lipinski definition) is 1. The van der Waals surface area contributed by atoms with Crippen LogP contribution in [0.5, 0.6) is 0 Å². The molecule has 4 rings (SSSR count). The maximum Gasteiger partial charge on any atom is 0.0522 e. The minimum atomic E-state index is 0.143. The van der Waals surface area contributed by atoms with Crippen LogP contribution >= 0.6 is 0 Å². The van der Waals surface area contributed by atoms with E-state index >= 15 is 0 Å². The van der Waals surface area contributed by atoms with Crippen molar-refractivity contribution >= 4 is 0 Å². The van der Waals surface area contributed by atoms with Crippen LogP contribution in [0.1, 0.15) is 72.1 Å². The second-order valence-corrected chi connectivity index (χ2v) is 9.79. The molecule has 5 atom stereocenters. The van der Waals surface area contributed by atoms with E-state index in [4.69, 9.17) is 0 Å². The van der Waals surface area contributed by atoms with Crippen LogP contribution in [0.15, 0.2) is 12.2 Å². The Morgan fingerprint density at radius 3 is 2.48 bits per heavy atom. The second-order valence-electron chi connectivity index (χ2n) is 9.79. The predicted molar refractivity (Wildman–Crippen MR) is 86.9 cm³/mol. The molecule has 1 spiro atoms. The highest BCUT2D eigenvalue weighted by Crippen LogP contribution is 2.71. The van der Waals surface area contributed by atoms with Crippen molar-refractivity contribution < 1.29 is 5.11 Å². The van der Waals surface area contributed by atoms with E-state index in [0.717, 1.165) is 11.8 Å². The van der Waals surface area contributed by atoms with Crippen LogP contribution in [0.3, 0.4) is 0 Å². The summed E-state index contributed by atoms with van der Waals surface area (Å²) in [6.45, 7) is 8.04. The number of aliphatic hydroxyl groups excluding tert-OH is 1. The summed E-state index contributed by atoms with van der Waals surface area (Å²) in [5.74, 6) is 1.77. The van der Waals surface area contributed by atoms with E-state index in [2.05, 4.69) is 32.9 Å². The first-order valence-electron chi connectivity index (χ1n) is 9.17. The summed E-state index contributed by atoms with van der Waals surface area (Å²) in [4.78, 5) is 0. The van der Waals surface area contributed by atoms with Crippen LogP contribution in [-0.2, 0) is 0 Å². The lowest BCUT2D eigenvalue weighted by Gasteiger charge is -2.64. The highest BCUT2D eigenvalue weighted by Gasteiger charge is 2.63. The van der Waals surface area contributed by atoms with Gasteiger partial charge in [-0.05, 0) is 73.0 Å². The number of rotatable bonds is 1. The minimum Gasteiger partial charge on any atom is -0.395 e. The van der Waals surface area contributed by atoms with Gasteiger partial charge in [-0.2, -0.15) is 0 Å². The Morgan fingerprint density at radius 2 is 1.71 bits per heavy atom. The number of allylic oxidation sites excluding steroid dienone is 1. The van der Waals surface area contributed by atoms with Crippen LogP contribution in [0.4, 0.5) is 0 Å². The summed E-state index contributed by atoms with van der Waals surface area (Å²) in [6, 6.07) is 0. The molecule has 4 aliphatic carbocycles. The van der Waals surface area contributed by atoms with Gasteiger partial charge in [0.2, 0.25) is 0 Å². The maximum absolute atomic E-state index is 9.88. The summed E-state index contributed by atoms with van der Waals surface area (Å²) in [5, 5.41) is 9.88. The Hall–Kier alpha value is -0.300. The molecule has 0 heterocycles. The molecule has 1 N–H and O–H groups in total. The highest BCUT2D eigenvalue weighted by molar-refractivity contribution is 5.25. The van der Waals surface area contributed by atoms with Crippen molar-refractivity contribution in [3.8, 4) is 0 Å². The van der Waals surface area contributed by atoms with Gasteiger partial charge in [-0.15, -0.1) is 0 Å². The Bertz CT molecular complexity index is 478. The molecule has 0 aromatic rings. The molecule has 1 nitrogen and oxygen atoms in total. The zero-order chi connectivity index (χ0) is 14.9. The lowest BCUT2D eigenvalue weighted by atomic mass is 9.40. The lowest BCUT2D eigenvalue weighted by Crippen LogP contribution is -2.56. The molecule has 0 aromatic carbocycles. The minimum absolute atomic E-state index is 0.143. The van der Waals surface area contributed by atoms with Gasteiger partial charge >= 0.3 is 0 Å². The summed E-state index contributed by atoms with van der Waals surface area (Å²) < 4.78 is 0. The molecule has 0 radical (unpaired) electrons. The fraction of sp³-hybridized carbons (Fsp3) is 0.900. The van der Waals surface area contributed by atoms with Crippen LogP contribution < -0.4 is 0 Å². The van der Waals surface area contributed by atoms with Crippen molar-refractivity contribution in [1.29, 1.82) is 0 Å². The van der Waals surface area contributed by atoms with Crippen LogP contribution in [-0.4, -0.2) is 11.7 Å². The van der Waals surface area contributed by atoms with Gasteiger partial charge in [-0.3, -0.25) is 0 Å². The van der Waals surface area contributed by atoms with Crippen molar-refractivity contribution in [2.75, 3.05) is 6.61 Å². The monoisotopic (exact) mass is 288 g/mol. The first-order chi connectivity index (χ1) is 9.86. The van der Waals surface area contributed by atoms with Crippen LogP contribution in [0, 0.1) is 33.5 Å². The van der Waals surface area contributed by atoms with Gasteiger partial charge in [-0.1, -0.05) is 39.3 Å². The van der Waals surface area contributed by atoms with E-state index in [1.54, 1.807) is 0 Å². The molecule has 1 heteroatoms. The van der Waals surface area contributed by atoms with Gasteiger partial charge in [0.1, 0.15) is 0 Å². The van der Waals surface area contributed by atoms with Gasteiger partial charge in [0, 0.05) is 5.41 Å². The van der Waals surface area contributed by atoms with E-state index in [1.165, 1.54) is 51.4 Å². The molecule has 3 fully saturated rings. The van der Waals surface area contributed by atoms with Crippen molar-refractivity contribution in [3.63, 3.8) is 0 Å². The third-order valence-electron chi connectivity index (χ3n) is 8.36. The van der Waals surface area contributed by atoms with Crippen molar-refractivity contribution in [2.24, 2.45) is 33.5 Å². The molecule has 0 saturated heterocycles. The lowest BCUT2D eigenvalue weighted by molar-refractivity contribution is -0.144. The highest BCUT2D eigenvalue weighted by atomic mass is 16.3. The molecule has 2 bridgehead atoms. The zero-order valence-corrected chi connectivity index (χ0v) is 14.1. The SMILES string of the molecule is CC1(C)CCC[C@]2(C)[C@@H]1CC[C@@]13C=C[C@@](CO)(CC[C@H]12)C3. The molecule has 0 unspecified atom stereocenters. The Morgan fingerprint density at radius 1 is 0.952 bits per heavy atom. The average Bonchev–Trinajstić information content (AvgIpc) is 2.70. The number of fused-ring (bicyclic) bond motifs is 3. The van der Waals surface area contributed by atoms with Gasteiger partial charge in [0.25, 0.3) is 0 Å². The smallest absolute Gasteiger partial charge is 0.0522 e. The summed E-state index contributed by atoms with van der Waals surface area (Å²) >= 11 is 0. The first-order valence-corrected chi connectivity index (χ1v) is 9.17. The molecule has 0 aromatic heterocycles. The van der Waals surface area contributed by atoms with E-state index in [-0.39, 0.29) is 5.41 Å². The van der Waals surface area contributed by atoms with Gasteiger partial charge in [-0.25, -0.2) is 0 Å². The fourth-order valence-electron chi connectivity index (χ4n) is 7.48. The second kappa shape index (κ2) is 4.16. The fourth-order valence-corrected chi connectivity index (χ4v) is 7.48. The third kappa shape index (κ3) is 1.73. The van der Waals surface area contributed by atoms with Crippen LogP contribution in [0.2, 0.25) is 0 Å². The summed E-state index contributed by atoms with van der Waals surface area (Å²) in [5.41, 5.74) is 1.64. The van der Waals surface area contributed by atoms with Gasteiger partial charge in [0.15, 0.2) is 0 Å². The van der Waals surface area contributed by atoms with E-state index < -0.39 is 0 Å². The van der Waals surface area contributed by atoms with E-state index in [1.807, 2.05) is 0 Å². The molecule has 4 aliphatic rings. The maximum atomic E-state index is 9.88. The predicted octanol–water partition coefficient (Wildman–Crippen LogP) is 4.95. The largest absolute Gasteiger partial charge is 0.395 e. The molecule has 0 aliphatic heterocycles. The quantitative estimate of drug-likeness (QED) is 0.677. The van der Waals surface area contributed by atoms with E-state index in [0.29, 0.717) is 22.9 Å². The van der Waals surface area contributed by atoms with Gasteiger partial charge in [0.05, 0.1) is 6.61 Å². The van der Waals surface area contributed by atoms with Crippen molar-refractivity contribution in [3.05, 3.63) is 12.2 Å². The van der Waals surface area contributed by atoms with Crippen LogP contribution in [0.25, 0.3) is 0 Å². The average molecular weight is 288 g/mol. The molecule has 21 heavy (non-hydrogen) atoms. The van der Waals surface area contributed by atoms with E-state index in [9.17, 15) is 5.11 Å². The zero-order valence-electron chi connectivity index (χ0n) is 14.1. The summed E-state index contributed by atoms with van der Waals surface area (Å²) in [7, 11) is 0. The third-order valence-corrected chi connectivity index (χ3v) is 8.36. The Balaban J connectivity index is 1.72. The molecule has 0 amide bonds. The molecular formula is C20H32O. The van der Waals surface area contributed by atoms with Crippen molar-refractivity contribution in [2.45, 2.75) is 72.1 Å². The number of hydrogen-bond acceptors (Lipinski definition) is 1. The summed E-state index contributed by atoms with van der Waals surface area (Å²) in [6.07, 6.45) is 15.8. The Kier molecular flexibility index (Phi) is 2.83. The Labute approximate surface area is 130 Å². The first kappa shape index (κ1) is 14.3. The topological polar surface area (TPSA) is 20.2 Å². The van der Waals surface area contributed by atoms with Gasteiger partial charge < -0.3 is 5.11 Å². The molecule has 3 saturated carbocycles. The number of aliphatic hydroxyl groups is 1. The normalized spacial score (nSPS) is 54.1. The molecule has 118 valence electrons. The standard InChI is InChI=1S/C20H32O/c1-17(2)7-4-8-18(3)15(17)6-10-20-12-11-19(13-20,14-21)9-5-16(18)20/h11-12,15-16,21H,4-10,13-14H2,1-3H3/t15-,16+,18-,19+,20+/m1/s1.